The Hall–Kier alpha value is -5.22. The number of hydrogen-bond donors (Lipinski definition) is 3. The maximum absolute atomic E-state index is 13.1. The zero-order valence-electron chi connectivity index (χ0n) is 39.1. The summed E-state index contributed by atoms with van der Waals surface area (Å²) in [6.07, 6.45) is 13.2. The van der Waals surface area contributed by atoms with Gasteiger partial charge in [0.25, 0.3) is 11.8 Å². The number of aromatic amines is 1. The molecule has 0 saturated carbocycles. The third-order valence-electron chi connectivity index (χ3n) is 11.9. The molecular formula is C46H66N12O3Si. The molecule has 6 aromatic rings. The van der Waals surface area contributed by atoms with Crippen LogP contribution in [0.4, 0.5) is 0 Å². The van der Waals surface area contributed by atoms with E-state index in [1.54, 1.807) is 18.6 Å². The molecule has 2 aliphatic carbocycles. The van der Waals surface area contributed by atoms with E-state index in [0.29, 0.717) is 52.5 Å². The van der Waals surface area contributed by atoms with Crippen LogP contribution in [-0.2, 0) is 51.2 Å². The van der Waals surface area contributed by atoms with Gasteiger partial charge in [-0.2, -0.15) is 10.2 Å². The summed E-state index contributed by atoms with van der Waals surface area (Å²) >= 11 is 0. The maximum atomic E-state index is 13.1. The Bertz CT molecular complexity index is 2620. The predicted molar refractivity (Wildman–Crippen MR) is 247 cm³/mol. The van der Waals surface area contributed by atoms with Crippen molar-refractivity contribution in [2.45, 2.75) is 138 Å². The number of aromatic nitrogens is 10. The summed E-state index contributed by atoms with van der Waals surface area (Å²) in [5.74, 6) is -0.297. The number of aryl methyl sites for hydroxylation is 2. The van der Waals surface area contributed by atoms with E-state index in [4.69, 9.17) is 29.9 Å². The van der Waals surface area contributed by atoms with Gasteiger partial charge in [0.15, 0.2) is 11.3 Å². The lowest BCUT2D eigenvalue weighted by Gasteiger charge is -2.29. The Morgan fingerprint density at radius 3 is 1.84 bits per heavy atom. The molecule has 332 valence electrons. The van der Waals surface area contributed by atoms with Crippen molar-refractivity contribution in [1.82, 2.24) is 59.7 Å². The number of nitrogens with one attached hydrogen (secondary N) is 3. The molecule has 15 nitrogen and oxygen atoms in total. The highest BCUT2D eigenvalue weighted by atomic mass is 28.3. The SMILES string of the molecule is CC(C)NC(=O)c1c[nH]c2ncc(-c3nn(C)c4c3CCC(C)(C)C4)nc12.CC(C)NC(=O)c1cn(COCC[Si](C)(C)C)c2ncc(-c3nn(C)c4c3CCC(C)(C)C4)nc12. The average molecular weight is 863 g/mol. The lowest BCUT2D eigenvalue weighted by atomic mass is 9.76. The van der Waals surface area contributed by atoms with Gasteiger partial charge in [0.2, 0.25) is 0 Å². The minimum absolute atomic E-state index is 0.0243. The molecule has 0 bridgehead atoms. The highest BCUT2D eigenvalue weighted by molar-refractivity contribution is 6.76. The molecule has 2 aliphatic rings. The Morgan fingerprint density at radius 1 is 0.790 bits per heavy atom. The fourth-order valence-corrected chi connectivity index (χ4v) is 9.18. The lowest BCUT2D eigenvalue weighted by molar-refractivity contribution is 0.0890. The van der Waals surface area contributed by atoms with E-state index in [1.807, 2.05) is 61.9 Å². The number of ether oxygens (including phenoxy) is 1. The van der Waals surface area contributed by atoms with Gasteiger partial charge in [-0.3, -0.25) is 19.0 Å². The van der Waals surface area contributed by atoms with E-state index in [9.17, 15) is 9.59 Å². The standard InChI is InChI=1S/C26H40N6O2Si.C20H26N6O/c1-17(2)28-25(33)19-15-32(16-34-11-12-35(6,7)8)24-23(19)29-20(14-27-24)22-18-9-10-26(3,4)13-21(18)31(5)30-22;1-11(2)23-19(27)13-9-21-18-17(13)24-14(10-22-18)16-12-6-7-20(3,4)8-15(12)26(5)25-16/h14-15,17H,9-13,16H2,1-8H3,(H,28,33);9-11H,6-8H2,1-5H3,(H,21,22)(H,23,27). The molecule has 6 heterocycles. The minimum Gasteiger partial charge on any atom is -0.361 e. The molecule has 0 saturated heterocycles. The third kappa shape index (κ3) is 9.70. The summed E-state index contributed by atoms with van der Waals surface area (Å²) in [4.78, 5) is 47.5. The number of amides is 2. The van der Waals surface area contributed by atoms with Crippen LogP contribution in [-0.4, -0.2) is 87.6 Å². The predicted octanol–water partition coefficient (Wildman–Crippen LogP) is 7.81. The summed E-state index contributed by atoms with van der Waals surface area (Å²) in [5.41, 5.74) is 12.3. The minimum atomic E-state index is -1.18. The fourth-order valence-electron chi connectivity index (χ4n) is 8.42. The molecule has 8 rings (SSSR count). The van der Waals surface area contributed by atoms with Crippen LogP contribution >= 0.6 is 0 Å². The van der Waals surface area contributed by atoms with E-state index in [1.165, 1.54) is 22.5 Å². The summed E-state index contributed by atoms with van der Waals surface area (Å²) < 4.78 is 11.8. The number of hydrogen-bond acceptors (Lipinski definition) is 9. The molecule has 0 aromatic carbocycles. The van der Waals surface area contributed by atoms with Gasteiger partial charge in [0, 0.05) is 75.8 Å². The van der Waals surface area contributed by atoms with Crippen molar-refractivity contribution < 1.29 is 14.3 Å². The van der Waals surface area contributed by atoms with Crippen LogP contribution in [0.15, 0.2) is 24.8 Å². The Balaban J connectivity index is 0.000000192. The first kappa shape index (κ1) is 44.8. The van der Waals surface area contributed by atoms with Crippen LogP contribution in [0, 0.1) is 10.8 Å². The molecule has 16 heteroatoms. The zero-order valence-corrected chi connectivity index (χ0v) is 40.1. The smallest absolute Gasteiger partial charge is 0.255 e. The summed E-state index contributed by atoms with van der Waals surface area (Å²) in [5, 5.41) is 15.5. The van der Waals surface area contributed by atoms with E-state index in [2.05, 4.69) is 67.9 Å². The van der Waals surface area contributed by atoms with Crippen LogP contribution in [0.3, 0.4) is 0 Å². The number of carbonyl (C=O) groups is 2. The number of H-pyrrole nitrogens is 1. The number of fused-ring (bicyclic) bond motifs is 4. The molecule has 0 aliphatic heterocycles. The molecule has 62 heavy (non-hydrogen) atoms. The molecular weight excluding hydrogens is 797 g/mol. The van der Waals surface area contributed by atoms with Crippen molar-refractivity contribution in [2.75, 3.05) is 6.61 Å². The Kier molecular flexibility index (Phi) is 12.4. The molecule has 2 amide bonds. The van der Waals surface area contributed by atoms with Crippen molar-refractivity contribution in [3.8, 4) is 22.8 Å². The highest BCUT2D eigenvalue weighted by Crippen LogP contribution is 2.40. The molecule has 0 spiro atoms. The second-order valence-corrected chi connectivity index (χ2v) is 26.3. The Labute approximate surface area is 366 Å². The summed E-state index contributed by atoms with van der Waals surface area (Å²) in [6, 6.07) is 1.17. The second kappa shape index (κ2) is 17.2. The maximum Gasteiger partial charge on any atom is 0.255 e. The van der Waals surface area contributed by atoms with Gasteiger partial charge >= 0.3 is 0 Å². The van der Waals surface area contributed by atoms with Crippen LogP contribution in [0.5, 0.6) is 0 Å². The molecule has 0 atom stereocenters. The molecule has 0 fully saturated rings. The van der Waals surface area contributed by atoms with E-state index >= 15 is 0 Å². The first-order chi connectivity index (χ1) is 29.1. The summed E-state index contributed by atoms with van der Waals surface area (Å²) in [7, 11) is 2.82. The van der Waals surface area contributed by atoms with Crippen LogP contribution in [0.1, 0.15) is 111 Å². The van der Waals surface area contributed by atoms with E-state index in [0.717, 1.165) is 61.7 Å². The van der Waals surface area contributed by atoms with Crippen molar-refractivity contribution in [3.05, 3.63) is 58.4 Å². The van der Waals surface area contributed by atoms with Gasteiger partial charge in [-0.1, -0.05) is 47.3 Å². The summed E-state index contributed by atoms with van der Waals surface area (Å²) in [6.45, 7) is 25.0. The van der Waals surface area contributed by atoms with Gasteiger partial charge in [-0.15, -0.1) is 0 Å². The second-order valence-electron chi connectivity index (χ2n) is 20.7. The van der Waals surface area contributed by atoms with Gasteiger partial charge < -0.3 is 24.9 Å². The van der Waals surface area contributed by atoms with Crippen molar-refractivity contribution in [3.63, 3.8) is 0 Å². The van der Waals surface area contributed by atoms with E-state index < -0.39 is 8.07 Å². The number of nitrogens with zero attached hydrogens (tertiary/aromatic N) is 9. The largest absolute Gasteiger partial charge is 0.361 e. The van der Waals surface area contributed by atoms with Gasteiger partial charge in [-0.25, -0.2) is 19.9 Å². The van der Waals surface area contributed by atoms with E-state index in [-0.39, 0.29) is 34.7 Å². The first-order valence-corrected chi connectivity index (χ1v) is 25.8. The van der Waals surface area contributed by atoms with Gasteiger partial charge in [0.1, 0.15) is 40.5 Å². The number of rotatable bonds is 11. The Morgan fingerprint density at radius 2 is 1.31 bits per heavy atom. The zero-order chi connectivity index (χ0) is 44.9. The first-order valence-electron chi connectivity index (χ1n) is 22.1. The lowest BCUT2D eigenvalue weighted by Crippen LogP contribution is -2.30. The number of carbonyl (C=O) groups excluding carboxylic acids is 2. The van der Waals surface area contributed by atoms with Crippen molar-refractivity contribution in [1.29, 1.82) is 0 Å². The van der Waals surface area contributed by atoms with Crippen molar-refractivity contribution >= 4 is 42.2 Å². The topological polar surface area (TPSA) is 175 Å². The molecule has 0 radical (unpaired) electrons. The van der Waals surface area contributed by atoms with Crippen LogP contribution in [0.25, 0.3) is 45.1 Å². The van der Waals surface area contributed by atoms with Crippen molar-refractivity contribution in [2.24, 2.45) is 24.9 Å². The third-order valence-corrected chi connectivity index (χ3v) is 13.6. The average Bonchev–Trinajstić information content (AvgIpc) is 3.93. The normalized spacial score (nSPS) is 15.7. The molecule has 3 N–H and O–H groups in total. The van der Waals surface area contributed by atoms with Crippen LogP contribution in [0.2, 0.25) is 25.7 Å². The van der Waals surface area contributed by atoms with Gasteiger partial charge in [-0.05, 0) is 83.1 Å². The monoisotopic (exact) mass is 863 g/mol. The van der Waals surface area contributed by atoms with Gasteiger partial charge in [0.05, 0.1) is 23.5 Å². The molecule has 6 aromatic heterocycles. The highest BCUT2D eigenvalue weighted by Gasteiger charge is 2.33. The van der Waals surface area contributed by atoms with Crippen LogP contribution < -0.4 is 10.6 Å². The quantitative estimate of drug-likeness (QED) is 0.0867. The fraction of sp³-hybridized carbons (Fsp3) is 0.565. The molecule has 0 unspecified atom stereocenters.